The van der Waals surface area contributed by atoms with E-state index in [1.54, 1.807) is 7.11 Å². The molecular formula is C28H32Br2O. The summed E-state index contributed by atoms with van der Waals surface area (Å²) >= 11 is 7.34. The highest BCUT2D eigenvalue weighted by Crippen LogP contribution is 2.43. The molecule has 0 atom stereocenters. The number of methoxy groups -OCH3 is 1. The molecule has 0 fully saturated rings. The van der Waals surface area contributed by atoms with Crippen LogP contribution in [-0.4, -0.2) is 7.11 Å². The normalized spacial score (nSPS) is 12.8. The minimum atomic E-state index is -0.723. The Morgan fingerprint density at radius 1 is 0.516 bits per heavy atom. The van der Waals surface area contributed by atoms with E-state index in [0.717, 1.165) is 25.6 Å². The summed E-state index contributed by atoms with van der Waals surface area (Å²) in [5, 5.41) is 0. The van der Waals surface area contributed by atoms with Crippen LogP contribution in [0.3, 0.4) is 0 Å². The van der Waals surface area contributed by atoms with E-state index in [1.165, 1.54) is 11.1 Å². The van der Waals surface area contributed by atoms with Crippen molar-refractivity contribution in [1.82, 2.24) is 0 Å². The fourth-order valence-electron chi connectivity index (χ4n) is 4.02. The van der Waals surface area contributed by atoms with E-state index >= 15 is 0 Å². The molecule has 3 aromatic carbocycles. The molecule has 3 aromatic rings. The first-order valence-corrected chi connectivity index (χ1v) is 12.2. The molecule has 3 heteroatoms. The van der Waals surface area contributed by atoms with Crippen LogP contribution in [0.2, 0.25) is 0 Å². The second-order valence-corrected chi connectivity index (χ2v) is 12.0. The Hall–Kier alpha value is -1.42. The minimum Gasteiger partial charge on any atom is -0.364 e. The predicted octanol–water partition coefficient (Wildman–Crippen LogP) is 8.74. The zero-order valence-electron chi connectivity index (χ0n) is 19.5. The monoisotopic (exact) mass is 542 g/mol. The van der Waals surface area contributed by atoms with Crippen LogP contribution >= 0.6 is 31.9 Å². The third-order valence-electron chi connectivity index (χ3n) is 5.89. The van der Waals surface area contributed by atoms with Crippen molar-refractivity contribution >= 4 is 31.9 Å². The number of benzene rings is 3. The molecule has 0 aliphatic rings. The summed E-state index contributed by atoms with van der Waals surface area (Å²) in [6.07, 6.45) is 0. The molecule has 0 saturated heterocycles. The molecule has 0 saturated carbocycles. The van der Waals surface area contributed by atoms with Gasteiger partial charge < -0.3 is 4.74 Å². The van der Waals surface area contributed by atoms with Crippen molar-refractivity contribution < 1.29 is 4.74 Å². The summed E-state index contributed by atoms with van der Waals surface area (Å²) in [6.45, 7) is 13.4. The molecule has 0 aliphatic carbocycles. The second kappa shape index (κ2) is 8.84. The van der Waals surface area contributed by atoms with Crippen molar-refractivity contribution in [1.29, 1.82) is 0 Å². The topological polar surface area (TPSA) is 9.23 Å². The summed E-state index contributed by atoms with van der Waals surface area (Å²) in [5.41, 5.74) is 5.37. The first-order valence-electron chi connectivity index (χ1n) is 10.6. The molecule has 31 heavy (non-hydrogen) atoms. The van der Waals surface area contributed by atoms with Gasteiger partial charge in [-0.25, -0.2) is 0 Å². The van der Waals surface area contributed by atoms with Gasteiger partial charge in [-0.05, 0) is 56.8 Å². The van der Waals surface area contributed by atoms with Crippen molar-refractivity contribution in [3.63, 3.8) is 0 Å². The van der Waals surface area contributed by atoms with Crippen LogP contribution in [0.25, 0.3) is 0 Å². The average molecular weight is 544 g/mol. The van der Waals surface area contributed by atoms with Gasteiger partial charge in [-0.2, -0.15) is 0 Å². The molecule has 0 spiro atoms. The maximum absolute atomic E-state index is 6.42. The van der Waals surface area contributed by atoms with Gasteiger partial charge in [-0.1, -0.05) is 122 Å². The lowest BCUT2D eigenvalue weighted by molar-refractivity contribution is 0.0583. The second-order valence-electron chi connectivity index (χ2n) is 10.2. The van der Waals surface area contributed by atoms with Crippen LogP contribution < -0.4 is 0 Å². The largest absolute Gasteiger partial charge is 0.364 e. The molecule has 0 bridgehead atoms. The van der Waals surface area contributed by atoms with Crippen molar-refractivity contribution in [2.24, 2.45) is 0 Å². The lowest BCUT2D eigenvalue weighted by Crippen LogP contribution is -2.32. The van der Waals surface area contributed by atoms with Crippen LogP contribution in [0.15, 0.2) is 75.7 Å². The number of halogens is 2. The summed E-state index contributed by atoms with van der Waals surface area (Å²) < 4.78 is 8.44. The third kappa shape index (κ3) is 4.99. The van der Waals surface area contributed by atoms with Gasteiger partial charge >= 0.3 is 0 Å². The molecule has 0 amide bonds. The van der Waals surface area contributed by atoms with Crippen molar-refractivity contribution in [3.05, 3.63) is 103 Å². The molecule has 1 nitrogen and oxygen atoms in total. The summed E-state index contributed by atoms with van der Waals surface area (Å²) in [6, 6.07) is 24.0. The molecule has 0 aromatic heterocycles. The molecule has 0 unspecified atom stereocenters. The SMILES string of the molecule is COC(c1ccc(C(C)(C)C)cc1)(c1ccc(C(C)(C)C)cc1)c1cc(Br)cc(Br)c1. The van der Waals surface area contributed by atoms with Crippen LogP contribution in [-0.2, 0) is 21.2 Å². The highest BCUT2D eigenvalue weighted by atomic mass is 79.9. The Labute approximate surface area is 204 Å². The fraction of sp³-hybridized carbons (Fsp3) is 0.357. The number of hydrogen-bond donors (Lipinski definition) is 0. The molecule has 0 N–H and O–H groups in total. The minimum absolute atomic E-state index is 0.0986. The fourth-order valence-corrected chi connectivity index (χ4v) is 5.31. The summed E-state index contributed by atoms with van der Waals surface area (Å²) in [4.78, 5) is 0. The van der Waals surface area contributed by atoms with Gasteiger partial charge in [0.1, 0.15) is 5.60 Å². The van der Waals surface area contributed by atoms with Crippen molar-refractivity contribution in [3.8, 4) is 0 Å². The molecule has 0 aliphatic heterocycles. The van der Waals surface area contributed by atoms with Crippen LogP contribution in [0.1, 0.15) is 69.4 Å². The van der Waals surface area contributed by atoms with Gasteiger partial charge in [0.15, 0.2) is 0 Å². The first kappa shape index (κ1) is 24.2. The Bertz CT molecular complexity index is 959. The molecular weight excluding hydrogens is 512 g/mol. The Morgan fingerprint density at radius 2 is 0.839 bits per heavy atom. The smallest absolute Gasteiger partial charge is 0.143 e. The van der Waals surface area contributed by atoms with Gasteiger partial charge in [0.05, 0.1) is 0 Å². The zero-order chi connectivity index (χ0) is 23.0. The van der Waals surface area contributed by atoms with Gasteiger partial charge in [-0.15, -0.1) is 0 Å². The maximum atomic E-state index is 6.42. The molecule has 0 heterocycles. The van der Waals surface area contributed by atoms with Crippen LogP contribution in [0.5, 0.6) is 0 Å². The van der Waals surface area contributed by atoms with Crippen LogP contribution in [0, 0.1) is 0 Å². The quantitative estimate of drug-likeness (QED) is 0.299. The summed E-state index contributed by atoms with van der Waals surface area (Å²) in [7, 11) is 1.80. The van der Waals surface area contributed by atoms with E-state index in [2.05, 4.69) is 140 Å². The predicted molar refractivity (Wildman–Crippen MR) is 139 cm³/mol. The van der Waals surface area contributed by atoms with Crippen LogP contribution in [0.4, 0.5) is 0 Å². The van der Waals surface area contributed by atoms with E-state index in [9.17, 15) is 0 Å². The lowest BCUT2D eigenvalue weighted by atomic mass is 9.77. The van der Waals surface area contributed by atoms with Gasteiger partial charge in [-0.3, -0.25) is 0 Å². The number of rotatable bonds is 4. The van der Waals surface area contributed by atoms with E-state index in [4.69, 9.17) is 4.74 Å². The highest BCUT2D eigenvalue weighted by molar-refractivity contribution is 9.11. The Balaban J connectivity index is 2.27. The van der Waals surface area contributed by atoms with E-state index in [-0.39, 0.29) is 10.8 Å². The van der Waals surface area contributed by atoms with E-state index in [1.807, 2.05) is 0 Å². The van der Waals surface area contributed by atoms with Gasteiger partial charge in [0.2, 0.25) is 0 Å². The van der Waals surface area contributed by atoms with Crippen molar-refractivity contribution in [2.75, 3.05) is 7.11 Å². The number of ether oxygens (including phenoxy) is 1. The molecule has 0 radical (unpaired) electrons. The van der Waals surface area contributed by atoms with Crippen molar-refractivity contribution in [2.45, 2.75) is 58.0 Å². The maximum Gasteiger partial charge on any atom is 0.143 e. The van der Waals surface area contributed by atoms with Gasteiger partial charge in [0.25, 0.3) is 0 Å². The van der Waals surface area contributed by atoms with Gasteiger partial charge in [0, 0.05) is 16.1 Å². The van der Waals surface area contributed by atoms with E-state index < -0.39 is 5.60 Å². The first-order chi connectivity index (χ1) is 14.4. The molecule has 3 rings (SSSR count). The third-order valence-corrected chi connectivity index (χ3v) is 6.81. The Kier molecular flexibility index (Phi) is 6.91. The average Bonchev–Trinajstić information content (AvgIpc) is 2.68. The molecule has 164 valence electrons. The summed E-state index contributed by atoms with van der Waals surface area (Å²) in [5.74, 6) is 0. The number of hydrogen-bond acceptors (Lipinski definition) is 1. The highest BCUT2D eigenvalue weighted by Gasteiger charge is 2.37. The van der Waals surface area contributed by atoms with E-state index in [0.29, 0.717) is 0 Å². The standard InChI is InChI=1S/C28H32Br2O/c1-26(2,3)19-8-12-21(13-9-19)28(31-7,23-16-24(29)18-25(30)17-23)22-14-10-20(11-15-22)27(4,5)6/h8-18H,1-7H3. The zero-order valence-corrected chi connectivity index (χ0v) is 22.7. The lowest BCUT2D eigenvalue weighted by Gasteiger charge is -2.35. The Morgan fingerprint density at radius 3 is 1.13 bits per heavy atom.